The smallest absolute Gasteiger partial charge is 0.289 e. The standard InChI is InChI=1S/C19H20ClN3O5S/c1-13-5-6-14(11-18(13)29(27,28)22-9-3-2-4-10-22)19(24)21-15-7-8-16(20)17(12-15)23(25)26/h5-8,11-12H,2-4,9-10H2,1H3,(H,21,24). The maximum absolute atomic E-state index is 13.0. The van der Waals surface area contributed by atoms with Gasteiger partial charge in [-0.1, -0.05) is 24.1 Å². The summed E-state index contributed by atoms with van der Waals surface area (Å²) in [4.78, 5) is 23.1. The zero-order valence-corrected chi connectivity index (χ0v) is 17.3. The first-order valence-electron chi connectivity index (χ1n) is 9.06. The first kappa shape index (κ1) is 21.2. The van der Waals surface area contributed by atoms with Crippen molar-refractivity contribution in [1.29, 1.82) is 0 Å². The van der Waals surface area contributed by atoms with Crippen LogP contribution in [0.3, 0.4) is 0 Å². The molecule has 1 aliphatic rings. The lowest BCUT2D eigenvalue weighted by atomic mass is 10.1. The lowest BCUT2D eigenvalue weighted by Crippen LogP contribution is -2.36. The van der Waals surface area contributed by atoms with Crippen molar-refractivity contribution in [2.75, 3.05) is 18.4 Å². The molecule has 0 unspecified atom stereocenters. The third-order valence-corrected chi connectivity index (χ3v) is 7.14. The van der Waals surface area contributed by atoms with Gasteiger partial charge >= 0.3 is 0 Å². The van der Waals surface area contributed by atoms with Crippen molar-refractivity contribution >= 4 is 38.9 Å². The number of sulfonamides is 1. The third-order valence-electron chi connectivity index (χ3n) is 4.78. The monoisotopic (exact) mass is 437 g/mol. The van der Waals surface area contributed by atoms with Gasteiger partial charge in [-0.3, -0.25) is 14.9 Å². The molecule has 0 bridgehead atoms. The average Bonchev–Trinajstić information content (AvgIpc) is 2.70. The summed E-state index contributed by atoms with van der Waals surface area (Å²) in [7, 11) is -3.70. The van der Waals surface area contributed by atoms with E-state index < -0.39 is 20.9 Å². The molecule has 0 aliphatic carbocycles. The molecule has 0 spiro atoms. The SMILES string of the molecule is Cc1ccc(C(=O)Nc2ccc(Cl)c([N+](=O)[O-])c2)cc1S(=O)(=O)N1CCCCC1. The van der Waals surface area contributed by atoms with Gasteiger partial charge in [0.25, 0.3) is 11.6 Å². The van der Waals surface area contributed by atoms with Crippen molar-refractivity contribution in [3.63, 3.8) is 0 Å². The Labute approximate surface area is 173 Å². The third kappa shape index (κ3) is 4.58. The minimum atomic E-state index is -3.70. The number of piperidine rings is 1. The summed E-state index contributed by atoms with van der Waals surface area (Å²) in [6.07, 6.45) is 2.63. The molecule has 0 aromatic heterocycles. The number of hydrogen-bond acceptors (Lipinski definition) is 5. The lowest BCUT2D eigenvalue weighted by molar-refractivity contribution is -0.384. The summed E-state index contributed by atoms with van der Waals surface area (Å²) < 4.78 is 27.5. The van der Waals surface area contributed by atoms with Crippen molar-refractivity contribution in [3.05, 3.63) is 62.7 Å². The van der Waals surface area contributed by atoms with E-state index in [1.54, 1.807) is 13.0 Å². The zero-order valence-electron chi connectivity index (χ0n) is 15.7. The second-order valence-corrected chi connectivity index (χ2v) is 9.14. The average molecular weight is 438 g/mol. The molecule has 0 saturated carbocycles. The zero-order chi connectivity index (χ0) is 21.2. The largest absolute Gasteiger partial charge is 0.322 e. The molecule has 0 atom stereocenters. The highest BCUT2D eigenvalue weighted by molar-refractivity contribution is 7.89. The van der Waals surface area contributed by atoms with E-state index >= 15 is 0 Å². The number of hydrogen-bond donors (Lipinski definition) is 1. The summed E-state index contributed by atoms with van der Waals surface area (Å²) in [5, 5.41) is 13.5. The quantitative estimate of drug-likeness (QED) is 0.561. The Balaban J connectivity index is 1.88. The maximum Gasteiger partial charge on any atom is 0.289 e. The molecule has 1 N–H and O–H groups in total. The second kappa shape index (κ2) is 8.48. The van der Waals surface area contributed by atoms with Gasteiger partial charge in [0.15, 0.2) is 0 Å². The van der Waals surface area contributed by atoms with E-state index in [0.717, 1.165) is 25.3 Å². The number of aryl methyl sites for hydroxylation is 1. The summed E-state index contributed by atoms with van der Waals surface area (Å²) >= 11 is 5.78. The van der Waals surface area contributed by atoms with Crippen LogP contribution in [0.2, 0.25) is 5.02 Å². The van der Waals surface area contributed by atoms with E-state index in [1.165, 1.54) is 28.6 Å². The molecule has 1 heterocycles. The van der Waals surface area contributed by atoms with E-state index in [-0.39, 0.29) is 26.9 Å². The van der Waals surface area contributed by atoms with Crippen molar-refractivity contribution in [2.45, 2.75) is 31.1 Å². The molecule has 29 heavy (non-hydrogen) atoms. The Morgan fingerprint density at radius 3 is 2.48 bits per heavy atom. The van der Waals surface area contributed by atoms with E-state index in [2.05, 4.69) is 5.32 Å². The van der Waals surface area contributed by atoms with Crippen LogP contribution in [0.1, 0.15) is 35.2 Å². The topological polar surface area (TPSA) is 110 Å². The predicted molar refractivity (Wildman–Crippen MR) is 110 cm³/mol. The fourth-order valence-corrected chi connectivity index (χ4v) is 5.15. The van der Waals surface area contributed by atoms with Crippen LogP contribution in [-0.2, 0) is 10.0 Å². The summed E-state index contributed by atoms with van der Waals surface area (Å²) in [5.74, 6) is -0.572. The molecule has 1 amide bonds. The van der Waals surface area contributed by atoms with Crippen LogP contribution in [0, 0.1) is 17.0 Å². The van der Waals surface area contributed by atoms with Gasteiger partial charge in [-0.2, -0.15) is 4.31 Å². The normalized spacial score (nSPS) is 15.1. The van der Waals surface area contributed by atoms with Gasteiger partial charge in [0.05, 0.1) is 9.82 Å². The van der Waals surface area contributed by atoms with Crippen LogP contribution >= 0.6 is 11.6 Å². The first-order chi connectivity index (χ1) is 13.7. The van der Waals surface area contributed by atoms with Crippen molar-refractivity contribution in [2.24, 2.45) is 0 Å². The van der Waals surface area contributed by atoms with Crippen LogP contribution in [0.4, 0.5) is 11.4 Å². The summed E-state index contributed by atoms with van der Waals surface area (Å²) in [5.41, 5.74) is 0.548. The molecule has 3 rings (SSSR count). The molecule has 1 fully saturated rings. The number of nitrogens with one attached hydrogen (secondary N) is 1. The molecule has 2 aromatic carbocycles. The molecule has 1 saturated heterocycles. The van der Waals surface area contributed by atoms with Crippen LogP contribution in [0.15, 0.2) is 41.3 Å². The highest BCUT2D eigenvalue weighted by Gasteiger charge is 2.28. The van der Waals surface area contributed by atoms with Gasteiger partial charge in [-0.15, -0.1) is 0 Å². The summed E-state index contributed by atoms with van der Waals surface area (Å²) in [6, 6.07) is 8.35. The van der Waals surface area contributed by atoms with Gasteiger partial charge in [-0.05, 0) is 49.6 Å². The predicted octanol–water partition coefficient (Wildman–Crippen LogP) is 3.98. The highest BCUT2D eigenvalue weighted by atomic mass is 35.5. The molecule has 2 aromatic rings. The van der Waals surface area contributed by atoms with Crippen molar-refractivity contribution in [3.8, 4) is 0 Å². The number of rotatable bonds is 5. The number of nitrogens with zero attached hydrogens (tertiary/aromatic N) is 2. The number of nitro benzene ring substituents is 1. The van der Waals surface area contributed by atoms with Gasteiger partial charge in [0, 0.05) is 30.4 Å². The molecular formula is C19H20ClN3O5S. The fourth-order valence-electron chi connectivity index (χ4n) is 3.20. The molecule has 1 aliphatic heterocycles. The van der Waals surface area contributed by atoms with Crippen LogP contribution in [0.5, 0.6) is 0 Å². The van der Waals surface area contributed by atoms with E-state index in [1.807, 2.05) is 0 Å². The van der Waals surface area contributed by atoms with Crippen molar-refractivity contribution in [1.82, 2.24) is 4.31 Å². The minimum Gasteiger partial charge on any atom is -0.322 e. The number of benzene rings is 2. The molecular weight excluding hydrogens is 418 g/mol. The Morgan fingerprint density at radius 2 is 1.83 bits per heavy atom. The Hall–Kier alpha value is -2.49. The van der Waals surface area contributed by atoms with E-state index in [4.69, 9.17) is 11.6 Å². The second-order valence-electron chi connectivity index (χ2n) is 6.82. The van der Waals surface area contributed by atoms with Crippen LogP contribution in [-0.4, -0.2) is 36.6 Å². The highest BCUT2D eigenvalue weighted by Crippen LogP contribution is 2.28. The van der Waals surface area contributed by atoms with Gasteiger partial charge in [-0.25, -0.2) is 8.42 Å². The number of nitro groups is 1. The number of carbonyl (C=O) groups is 1. The van der Waals surface area contributed by atoms with E-state index in [0.29, 0.717) is 18.7 Å². The van der Waals surface area contributed by atoms with E-state index in [9.17, 15) is 23.3 Å². The number of amides is 1. The fraction of sp³-hybridized carbons (Fsp3) is 0.316. The molecule has 0 radical (unpaired) electrons. The van der Waals surface area contributed by atoms with Gasteiger partial charge in [0.1, 0.15) is 5.02 Å². The Morgan fingerprint density at radius 1 is 1.14 bits per heavy atom. The minimum absolute atomic E-state index is 0.0433. The van der Waals surface area contributed by atoms with Crippen LogP contribution < -0.4 is 5.32 Å². The van der Waals surface area contributed by atoms with Gasteiger partial charge < -0.3 is 5.32 Å². The molecule has 154 valence electrons. The number of halogens is 1. The van der Waals surface area contributed by atoms with Gasteiger partial charge in [0.2, 0.25) is 10.0 Å². The van der Waals surface area contributed by atoms with Crippen molar-refractivity contribution < 1.29 is 18.1 Å². The Kier molecular flexibility index (Phi) is 6.21. The lowest BCUT2D eigenvalue weighted by Gasteiger charge is -2.26. The number of anilines is 1. The summed E-state index contributed by atoms with van der Waals surface area (Å²) in [6.45, 7) is 2.61. The first-order valence-corrected chi connectivity index (χ1v) is 10.9. The molecule has 10 heteroatoms. The number of carbonyl (C=O) groups excluding carboxylic acids is 1. The van der Waals surface area contributed by atoms with Crippen LogP contribution in [0.25, 0.3) is 0 Å². The maximum atomic E-state index is 13.0. The molecule has 8 nitrogen and oxygen atoms in total. The Bertz CT molecular complexity index is 1070.